The molecule has 1 aromatic carbocycles. The first kappa shape index (κ1) is 19.8. The zero-order chi connectivity index (χ0) is 20.4. The van der Waals surface area contributed by atoms with Crippen LogP contribution in [0, 0.1) is 0 Å². The zero-order valence-corrected chi connectivity index (χ0v) is 17.1. The third-order valence-corrected chi connectivity index (χ3v) is 6.15. The Morgan fingerprint density at radius 3 is 2.55 bits per heavy atom. The molecular weight excluding hydrogens is 390 g/mol. The number of sulfone groups is 1. The molecule has 29 heavy (non-hydrogen) atoms. The SMILES string of the molecule is CS(=O)(=O)c1nc(N[C@@H](CO)Cc2ccccc2)c2[nH]c(C3CCCC3)nc2n1. The molecule has 2 aromatic heterocycles. The molecule has 0 bridgehead atoms. The lowest BCUT2D eigenvalue weighted by Crippen LogP contribution is -2.27. The summed E-state index contributed by atoms with van der Waals surface area (Å²) >= 11 is 0. The molecule has 2 heterocycles. The number of nitrogens with zero attached hydrogens (tertiary/aromatic N) is 3. The molecule has 0 saturated heterocycles. The molecule has 3 N–H and O–H groups in total. The number of benzene rings is 1. The number of H-pyrrole nitrogens is 1. The smallest absolute Gasteiger partial charge is 0.250 e. The molecule has 1 atom stereocenters. The van der Waals surface area contributed by atoms with E-state index >= 15 is 0 Å². The van der Waals surface area contributed by atoms with Gasteiger partial charge in [0.25, 0.3) is 5.16 Å². The first-order chi connectivity index (χ1) is 13.9. The first-order valence-electron chi connectivity index (χ1n) is 9.83. The number of rotatable bonds is 7. The lowest BCUT2D eigenvalue weighted by Gasteiger charge is -2.17. The normalized spacial score (nSPS) is 16.3. The standard InChI is InChI=1S/C20H25N5O3S/c1-29(27,28)20-24-18(21-15(12-26)11-13-7-3-2-4-8-13)16-19(25-20)23-17(22-16)14-9-5-6-10-14/h2-4,7-8,14-15,26H,5-6,9-12H2,1H3,(H2,21,22,23,24,25)/t15-/m1/s1. The van der Waals surface area contributed by atoms with Crippen molar-refractivity contribution in [3.8, 4) is 0 Å². The number of hydrogen-bond donors (Lipinski definition) is 3. The number of aliphatic hydroxyl groups is 1. The molecule has 1 aliphatic rings. The average Bonchev–Trinajstić information content (AvgIpc) is 3.37. The summed E-state index contributed by atoms with van der Waals surface area (Å²) in [6.07, 6.45) is 6.09. The summed E-state index contributed by atoms with van der Waals surface area (Å²) in [6.45, 7) is -0.127. The van der Waals surface area contributed by atoms with Crippen molar-refractivity contribution in [3.05, 3.63) is 41.7 Å². The van der Waals surface area contributed by atoms with Crippen LogP contribution in [0.4, 0.5) is 5.82 Å². The summed E-state index contributed by atoms with van der Waals surface area (Å²) < 4.78 is 24.2. The fraction of sp³-hybridized carbons (Fsp3) is 0.450. The predicted molar refractivity (Wildman–Crippen MR) is 111 cm³/mol. The van der Waals surface area contributed by atoms with Gasteiger partial charge in [-0.1, -0.05) is 43.2 Å². The number of aromatic amines is 1. The minimum atomic E-state index is -3.61. The molecule has 3 aromatic rings. The van der Waals surface area contributed by atoms with E-state index in [1.165, 1.54) is 0 Å². The largest absolute Gasteiger partial charge is 0.394 e. The Kier molecular flexibility index (Phi) is 5.51. The number of anilines is 1. The predicted octanol–water partition coefficient (Wildman–Crippen LogP) is 2.43. The second-order valence-electron chi connectivity index (χ2n) is 7.64. The second-order valence-corrected chi connectivity index (χ2v) is 9.55. The molecule has 154 valence electrons. The molecule has 4 rings (SSSR count). The van der Waals surface area contributed by atoms with E-state index in [1.54, 1.807) is 0 Å². The van der Waals surface area contributed by atoms with Gasteiger partial charge >= 0.3 is 0 Å². The van der Waals surface area contributed by atoms with E-state index in [1.807, 2.05) is 30.3 Å². The third-order valence-electron chi connectivity index (χ3n) is 5.31. The van der Waals surface area contributed by atoms with Crippen molar-refractivity contribution >= 4 is 26.8 Å². The van der Waals surface area contributed by atoms with E-state index in [9.17, 15) is 13.5 Å². The van der Waals surface area contributed by atoms with E-state index in [2.05, 4.69) is 25.3 Å². The van der Waals surface area contributed by atoms with Crippen LogP contribution < -0.4 is 5.32 Å². The van der Waals surface area contributed by atoms with Gasteiger partial charge in [-0.3, -0.25) is 0 Å². The maximum atomic E-state index is 12.1. The van der Waals surface area contributed by atoms with Crippen molar-refractivity contribution in [2.75, 3.05) is 18.2 Å². The summed E-state index contributed by atoms with van der Waals surface area (Å²) in [4.78, 5) is 16.3. The van der Waals surface area contributed by atoms with E-state index < -0.39 is 9.84 Å². The van der Waals surface area contributed by atoms with Gasteiger partial charge in [0, 0.05) is 12.2 Å². The highest BCUT2D eigenvalue weighted by atomic mass is 32.2. The van der Waals surface area contributed by atoms with Crippen molar-refractivity contribution in [2.24, 2.45) is 0 Å². The Labute approximate surface area is 169 Å². The van der Waals surface area contributed by atoms with Crippen LogP contribution in [0.3, 0.4) is 0 Å². The van der Waals surface area contributed by atoms with Gasteiger partial charge in [0.15, 0.2) is 11.5 Å². The summed E-state index contributed by atoms with van der Waals surface area (Å²) in [5.41, 5.74) is 1.97. The molecule has 1 aliphatic carbocycles. The minimum absolute atomic E-state index is 0.127. The van der Waals surface area contributed by atoms with Gasteiger partial charge in [-0.2, -0.15) is 9.97 Å². The van der Waals surface area contributed by atoms with Crippen LogP contribution in [0.1, 0.15) is 43.0 Å². The molecule has 0 aliphatic heterocycles. The fourth-order valence-corrected chi connectivity index (χ4v) is 4.32. The molecule has 0 amide bonds. The number of hydrogen-bond acceptors (Lipinski definition) is 7. The van der Waals surface area contributed by atoms with Crippen LogP contribution in [0.25, 0.3) is 11.2 Å². The van der Waals surface area contributed by atoms with Crippen LogP contribution in [0.5, 0.6) is 0 Å². The second kappa shape index (κ2) is 8.08. The summed E-state index contributed by atoms with van der Waals surface area (Å²) in [7, 11) is -3.61. The van der Waals surface area contributed by atoms with Crippen LogP contribution in [-0.2, 0) is 16.3 Å². The summed E-state index contributed by atoms with van der Waals surface area (Å²) in [5, 5.41) is 12.8. The summed E-state index contributed by atoms with van der Waals surface area (Å²) in [5.74, 6) is 1.50. The van der Waals surface area contributed by atoms with Crippen molar-refractivity contribution in [2.45, 2.75) is 49.2 Å². The van der Waals surface area contributed by atoms with Crippen molar-refractivity contribution < 1.29 is 13.5 Å². The molecule has 1 saturated carbocycles. The highest BCUT2D eigenvalue weighted by molar-refractivity contribution is 7.90. The van der Waals surface area contributed by atoms with Crippen LogP contribution in [-0.4, -0.2) is 52.4 Å². The van der Waals surface area contributed by atoms with E-state index in [0.717, 1.165) is 43.3 Å². The van der Waals surface area contributed by atoms with E-state index in [0.29, 0.717) is 29.3 Å². The average molecular weight is 416 g/mol. The Hall–Kier alpha value is -2.52. The monoisotopic (exact) mass is 415 g/mol. The van der Waals surface area contributed by atoms with Gasteiger partial charge in [0.1, 0.15) is 11.3 Å². The minimum Gasteiger partial charge on any atom is -0.394 e. The summed E-state index contributed by atoms with van der Waals surface area (Å²) in [6, 6.07) is 9.45. The van der Waals surface area contributed by atoms with Crippen molar-refractivity contribution in [1.82, 2.24) is 19.9 Å². The Morgan fingerprint density at radius 1 is 1.17 bits per heavy atom. The van der Waals surface area contributed by atoms with Crippen molar-refractivity contribution in [3.63, 3.8) is 0 Å². The highest BCUT2D eigenvalue weighted by Gasteiger charge is 2.24. The topological polar surface area (TPSA) is 121 Å². The molecule has 1 fully saturated rings. The number of imidazole rings is 1. The quantitative estimate of drug-likeness (QED) is 0.507. The number of nitrogens with one attached hydrogen (secondary N) is 2. The maximum absolute atomic E-state index is 12.1. The molecular formula is C20H25N5O3S. The fourth-order valence-electron chi connectivity index (χ4n) is 3.81. The molecule has 0 radical (unpaired) electrons. The van der Waals surface area contributed by atoms with Gasteiger partial charge in [0.2, 0.25) is 9.84 Å². The third kappa shape index (κ3) is 4.40. The maximum Gasteiger partial charge on any atom is 0.250 e. The van der Waals surface area contributed by atoms with Crippen LogP contribution in [0.15, 0.2) is 35.5 Å². The van der Waals surface area contributed by atoms with Gasteiger partial charge in [-0.15, -0.1) is 0 Å². The lowest BCUT2D eigenvalue weighted by atomic mass is 10.1. The van der Waals surface area contributed by atoms with Gasteiger partial charge in [-0.25, -0.2) is 13.4 Å². The van der Waals surface area contributed by atoms with E-state index in [-0.39, 0.29) is 17.8 Å². The number of aromatic nitrogens is 4. The Bertz CT molecular complexity index is 1090. The molecule has 9 heteroatoms. The lowest BCUT2D eigenvalue weighted by molar-refractivity contribution is 0.273. The Morgan fingerprint density at radius 2 is 1.90 bits per heavy atom. The van der Waals surface area contributed by atoms with Gasteiger partial charge in [0.05, 0.1) is 12.6 Å². The van der Waals surface area contributed by atoms with Crippen LogP contribution in [0.2, 0.25) is 0 Å². The first-order valence-corrected chi connectivity index (χ1v) is 11.7. The van der Waals surface area contributed by atoms with Gasteiger partial charge in [-0.05, 0) is 24.8 Å². The molecule has 8 nitrogen and oxygen atoms in total. The molecule has 0 spiro atoms. The van der Waals surface area contributed by atoms with Crippen molar-refractivity contribution in [1.29, 1.82) is 0 Å². The highest BCUT2D eigenvalue weighted by Crippen LogP contribution is 2.34. The van der Waals surface area contributed by atoms with Crippen LogP contribution >= 0.6 is 0 Å². The number of aliphatic hydroxyl groups excluding tert-OH is 1. The zero-order valence-electron chi connectivity index (χ0n) is 16.3. The molecule has 0 unspecified atom stereocenters. The van der Waals surface area contributed by atoms with Gasteiger partial charge < -0.3 is 15.4 Å². The number of fused-ring (bicyclic) bond motifs is 1. The van der Waals surface area contributed by atoms with E-state index in [4.69, 9.17) is 0 Å². The Balaban J connectivity index is 1.72.